The SMILES string of the molecule is CCCn1ccnc1[C@@H]1c2nc[nH]c2CCN1Cc1cc(Cl)ccc1O. The number of H-pyrrole nitrogens is 1. The van der Waals surface area contributed by atoms with E-state index in [1.54, 1.807) is 18.5 Å². The van der Waals surface area contributed by atoms with Crippen molar-refractivity contribution in [2.24, 2.45) is 0 Å². The van der Waals surface area contributed by atoms with E-state index in [1.807, 2.05) is 18.5 Å². The molecule has 136 valence electrons. The maximum absolute atomic E-state index is 10.2. The molecule has 0 aliphatic carbocycles. The van der Waals surface area contributed by atoms with Gasteiger partial charge in [-0.1, -0.05) is 18.5 Å². The predicted octanol–water partition coefficient (Wildman–Crippen LogP) is 3.52. The maximum atomic E-state index is 10.2. The van der Waals surface area contributed by atoms with Gasteiger partial charge in [-0.25, -0.2) is 9.97 Å². The number of nitrogens with one attached hydrogen (secondary N) is 1. The molecule has 0 saturated heterocycles. The molecule has 26 heavy (non-hydrogen) atoms. The highest BCUT2D eigenvalue weighted by atomic mass is 35.5. The Morgan fingerprint density at radius 1 is 1.35 bits per heavy atom. The Kier molecular flexibility index (Phi) is 4.70. The molecule has 1 aromatic carbocycles. The summed E-state index contributed by atoms with van der Waals surface area (Å²) in [6.07, 6.45) is 7.56. The Morgan fingerprint density at radius 2 is 2.23 bits per heavy atom. The monoisotopic (exact) mass is 371 g/mol. The minimum atomic E-state index is -0.0510. The number of aryl methyl sites for hydroxylation is 1. The number of rotatable bonds is 5. The summed E-state index contributed by atoms with van der Waals surface area (Å²) >= 11 is 6.14. The van der Waals surface area contributed by atoms with Crippen LogP contribution in [0.4, 0.5) is 0 Å². The maximum Gasteiger partial charge on any atom is 0.132 e. The van der Waals surface area contributed by atoms with Crippen LogP contribution in [0.3, 0.4) is 0 Å². The van der Waals surface area contributed by atoms with Crippen LogP contribution >= 0.6 is 11.6 Å². The van der Waals surface area contributed by atoms with Gasteiger partial charge in [0.15, 0.2) is 0 Å². The lowest BCUT2D eigenvalue weighted by Gasteiger charge is -2.35. The minimum absolute atomic E-state index is 0.0510. The zero-order valence-electron chi connectivity index (χ0n) is 14.7. The first kappa shape index (κ1) is 17.1. The van der Waals surface area contributed by atoms with Crippen molar-refractivity contribution in [3.05, 3.63) is 64.7 Å². The topological polar surface area (TPSA) is 70.0 Å². The Balaban J connectivity index is 1.73. The third-order valence-corrected chi connectivity index (χ3v) is 5.13. The summed E-state index contributed by atoms with van der Waals surface area (Å²) < 4.78 is 2.19. The number of benzene rings is 1. The van der Waals surface area contributed by atoms with Gasteiger partial charge in [0, 0.05) is 54.7 Å². The number of aromatic amines is 1. The molecule has 1 aliphatic rings. The molecule has 2 aromatic heterocycles. The van der Waals surface area contributed by atoms with Gasteiger partial charge in [-0.3, -0.25) is 4.90 Å². The highest BCUT2D eigenvalue weighted by Crippen LogP contribution is 2.35. The second kappa shape index (κ2) is 7.13. The molecule has 0 radical (unpaired) electrons. The molecule has 4 rings (SSSR count). The largest absolute Gasteiger partial charge is 0.508 e. The number of aromatic nitrogens is 4. The quantitative estimate of drug-likeness (QED) is 0.719. The van der Waals surface area contributed by atoms with Crippen LogP contribution in [0.5, 0.6) is 5.75 Å². The summed E-state index contributed by atoms with van der Waals surface area (Å²) in [5.41, 5.74) is 2.99. The van der Waals surface area contributed by atoms with E-state index < -0.39 is 0 Å². The molecule has 0 fully saturated rings. The van der Waals surface area contributed by atoms with Crippen LogP contribution in [0.15, 0.2) is 36.9 Å². The number of fused-ring (bicyclic) bond motifs is 1. The lowest BCUT2D eigenvalue weighted by molar-refractivity contribution is 0.187. The smallest absolute Gasteiger partial charge is 0.132 e. The van der Waals surface area contributed by atoms with Gasteiger partial charge in [-0.2, -0.15) is 0 Å². The zero-order valence-corrected chi connectivity index (χ0v) is 15.4. The summed E-state index contributed by atoms with van der Waals surface area (Å²) in [4.78, 5) is 14.8. The van der Waals surface area contributed by atoms with Crippen LogP contribution in [-0.4, -0.2) is 36.1 Å². The molecule has 6 nitrogen and oxygen atoms in total. The summed E-state index contributed by atoms with van der Waals surface area (Å²) in [5, 5.41) is 10.9. The van der Waals surface area contributed by atoms with E-state index in [9.17, 15) is 5.11 Å². The van der Waals surface area contributed by atoms with Gasteiger partial charge in [0.1, 0.15) is 17.6 Å². The van der Waals surface area contributed by atoms with Crippen LogP contribution in [0.1, 0.15) is 42.2 Å². The third-order valence-electron chi connectivity index (χ3n) is 4.90. The number of phenols is 1. The van der Waals surface area contributed by atoms with Gasteiger partial charge in [0.2, 0.25) is 0 Å². The van der Waals surface area contributed by atoms with Gasteiger partial charge < -0.3 is 14.7 Å². The predicted molar refractivity (Wildman–Crippen MR) is 100 cm³/mol. The van der Waals surface area contributed by atoms with Crippen LogP contribution in [0.25, 0.3) is 0 Å². The molecule has 1 atom stereocenters. The van der Waals surface area contributed by atoms with Crippen LogP contribution < -0.4 is 0 Å². The molecule has 0 saturated carbocycles. The van der Waals surface area contributed by atoms with Crippen molar-refractivity contribution >= 4 is 11.6 Å². The number of aromatic hydroxyl groups is 1. The molecule has 0 spiro atoms. The van der Waals surface area contributed by atoms with Gasteiger partial charge in [0.05, 0.1) is 12.0 Å². The average molecular weight is 372 g/mol. The highest BCUT2D eigenvalue weighted by Gasteiger charge is 2.34. The molecule has 0 unspecified atom stereocenters. The van der Waals surface area contributed by atoms with E-state index in [-0.39, 0.29) is 11.8 Å². The number of nitrogens with zero attached hydrogens (tertiary/aromatic N) is 4. The molecular weight excluding hydrogens is 350 g/mol. The lowest BCUT2D eigenvalue weighted by atomic mass is 10.0. The molecule has 3 heterocycles. The fourth-order valence-corrected chi connectivity index (χ4v) is 3.87. The summed E-state index contributed by atoms with van der Waals surface area (Å²) in [5.74, 6) is 1.25. The van der Waals surface area contributed by atoms with Gasteiger partial charge >= 0.3 is 0 Å². The van der Waals surface area contributed by atoms with Crippen molar-refractivity contribution in [3.63, 3.8) is 0 Å². The van der Waals surface area contributed by atoms with Gasteiger partial charge in [-0.05, 0) is 24.6 Å². The standard InChI is InChI=1S/C19H22ClN5O/c1-2-7-24-9-6-21-19(24)18-17-15(22-12-23-17)5-8-25(18)11-13-10-14(20)3-4-16(13)26/h3-4,6,9-10,12,18,26H,2,5,7-8,11H2,1H3,(H,22,23)/t18-/m0/s1. The third kappa shape index (κ3) is 3.10. The van der Waals surface area contributed by atoms with E-state index in [4.69, 9.17) is 11.6 Å². The molecule has 7 heteroatoms. The fraction of sp³-hybridized carbons (Fsp3) is 0.368. The van der Waals surface area contributed by atoms with E-state index in [2.05, 4.69) is 31.3 Å². The molecule has 3 aromatic rings. The van der Waals surface area contributed by atoms with Crippen molar-refractivity contribution in [2.45, 2.75) is 38.9 Å². The summed E-state index contributed by atoms with van der Waals surface area (Å²) in [7, 11) is 0. The zero-order chi connectivity index (χ0) is 18.1. The van der Waals surface area contributed by atoms with Gasteiger partial charge in [0.25, 0.3) is 0 Å². The van der Waals surface area contributed by atoms with Crippen LogP contribution in [0, 0.1) is 0 Å². The van der Waals surface area contributed by atoms with E-state index in [0.29, 0.717) is 11.6 Å². The Labute approximate surface area is 157 Å². The number of phenolic OH excluding ortho intramolecular Hbond substituents is 1. The molecule has 0 bridgehead atoms. The number of hydrogen-bond acceptors (Lipinski definition) is 4. The van der Waals surface area contributed by atoms with E-state index in [1.165, 1.54) is 0 Å². The van der Waals surface area contributed by atoms with Crippen molar-refractivity contribution in [1.82, 2.24) is 24.4 Å². The second-order valence-electron chi connectivity index (χ2n) is 6.64. The van der Waals surface area contributed by atoms with Crippen molar-refractivity contribution in [2.75, 3.05) is 6.54 Å². The summed E-state index contributed by atoms with van der Waals surface area (Å²) in [6.45, 7) is 4.52. The molecule has 0 amide bonds. The number of imidazole rings is 2. The average Bonchev–Trinajstić information content (AvgIpc) is 3.27. The number of hydrogen-bond donors (Lipinski definition) is 2. The van der Waals surface area contributed by atoms with Crippen LogP contribution in [-0.2, 0) is 19.5 Å². The molecule has 1 aliphatic heterocycles. The number of halogens is 1. The van der Waals surface area contributed by atoms with Crippen molar-refractivity contribution in [1.29, 1.82) is 0 Å². The first-order valence-corrected chi connectivity index (χ1v) is 9.29. The molecular formula is C19H22ClN5O. The van der Waals surface area contributed by atoms with Crippen LogP contribution in [0.2, 0.25) is 5.02 Å². The molecule has 2 N–H and O–H groups in total. The van der Waals surface area contributed by atoms with Crippen molar-refractivity contribution < 1.29 is 5.11 Å². The fourth-order valence-electron chi connectivity index (χ4n) is 3.68. The summed E-state index contributed by atoms with van der Waals surface area (Å²) in [6, 6.07) is 5.12. The lowest BCUT2D eigenvalue weighted by Crippen LogP contribution is -2.37. The normalized spacial score (nSPS) is 17.4. The Bertz CT molecular complexity index is 903. The minimum Gasteiger partial charge on any atom is -0.508 e. The Morgan fingerprint density at radius 3 is 3.08 bits per heavy atom. The van der Waals surface area contributed by atoms with E-state index >= 15 is 0 Å². The first-order chi connectivity index (χ1) is 12.7. The first-order valence-electron chi connectivity index (χ1n) is 8.92. The van der Waals surface area contributed by atoms with E-state index in [0.717, 1.165) is 48.7 Å². The second-order valence-corrected chi connectivity index (χ2v) is 7.08. The van der Waals surface area contributed by atoms with Gasteiger partial charge in [-0.15, -0.1) is 0 Å². The highest BCUT2D eigenvalue weighted by molar-refractivity contribution is 6.30. The van der Waals surface area contributed by atoms with Crippen molar-refractivity contribution in [3.8, 4) is 5.75 Å². The Hall–Kier alpha value is -2.31.